The van der Waals surface area contributed by atoms with Crippen molar-refractivity contribution in [3.63, 3.8) is 0 Å². The summed E-state index contributed by atoms with van der Waals surface area (Å²) in [6, 6.07) is 9.74. The van der Waals surface area contributed by atoms with Gasteiger partial charge < -0.3 is 10.1 Å². The third-order valence-corrected chi connectivity index (χ3v) is 4.62. The van der Waals surface area contributed by atoms with E-state index in [-0.39, 0.29) is 5.91 Å². The molecule has 1 aliphatic heterocycles. The number of carbonyl (C=O) groups excluding carboxylic acids is 1. The van der Waals surface area contributed by atoms with E-state index in [1.807, 2.05) is 36.6 Å². The summed E-state index contributed by atoms with van der Waals surface area (Å²) in [4.78, 5) is 23.7. The van der Waals surface area contributed by atoms with Crippen LogP contribution in [0.2, 0.25) is 0 Å². The summed E-state index contributed by atoms with van der Waals surface area (Å²) >= 11 is 1.46. The average molecular weight is 358 g/mol. The van der Waals surface area contributed by atoms with Crippen molar-refractivity contribution in [2.24, 2.45) is 0 Å². The van der Waals surface area contributed by atoms with E-state index in [2.05, 4.69) is 20.2 Å². The highest BCUT2D eigenvalue weighted by Gasteiger charge is 2.16. The van der Waals surface area contributed by atoms with Crippen molar-refractivity contribution in [2.75, 3.05) is 45.6 Å². The van der Waals surface area contributed by atoms with Crippen molar-refractivity contribution < 1.29 is 9.53 Å². The van der Waals surface area contributed by atoms with Crippen LogP contribution in [0.15, 0.2) is 41.7 Å². The molecule has 2 heterocycles. The maximum atomic E-state index is 12.6. The molecule has 1 aliphatic rings. The van der Waals surface area contributed by atoms with Gasteiger partial charge in [-0.05, 0) is 6.26 Å². The SMILES string of the molecule is CSc1ncc(C(=O)NCCN2CCOCC2)c(-c2ccccc2)n1. The zero-order valence-corrected chi connectivity index (χ0v) is 15.1. The summed E-state index contributed by atoms with van der Waals surface area (Å²) < 4.78 is 5.34. The number of hydrogen-bond donors (Lipinski definition) is 1. The van der Waals surface area contributed by atoms with E-state index in [1.54, 1.807) is 6.20 Å². The number of morpholine rings is 1. The second-order valence-electron chi connectivity index (χ2n) is 5.69. The Hall–Kier alpha value is -1.96. The molecule has 132 valence electrons. The lowest BCUT2D eigenvalue weighted by molar-refractivity contribution is 0.0383. The minimum absolute atomic E-state index is 0.139. The van der Waals surface area contributed by atoms with Gasteiger partial charge in [-0.3, -0.25) is 9.69 Å². The number of benzene rings is 1. The molecule has 0 saturated carbocycles. The molecule has 1 fully saturated rings. The van der Waals surface area contributed by atoms with Crippen molar-refractivity contribution in [2.45, 2.75) is 5.16 Å². The van der Waals surface area contributed by atoms with Gasteiger partial charge in [-0.25, -0.2) is 9.97 Å². The number of hydrogen-bond acceptors (Lipinski definition) is 6. The van der Waals surface area contributed by atoms with E-state index in [4.69, 9.17) is 4.74 Å². The Morgan fingerprint density at radius 2 is 2.04 bits per heavy atom. The molecule has 0 bridgehead atoms. The van der Waals surface area contributed by atoms with E-state index in [0.29, 0.717) is 23.0 Å². The number of amides is 1. The van der Waals surface area contributed by atoms with Gasteiger partial charge in [0.15, 0.2) is 5.16 Å². The molecule has 1 amide bonds. The predicted octanol–water partition coefficient (Wildman–Crippen LogP) is 1.93. The summed E-state index contributed by atoms with van der Waals surface area (Å²) in [5.41, 5.74) is 2.09. The van der Waals surface area contributed by atoms with Gasteiger partial charge >= 0.3 is 0 Å². The lowest BCUT2D eigenvalue weighted by Crippen LogP contribution is -2.41. The van der Waals surface area contributed by atoms with Gasteiger partial charge in [-0.15, -0.1) is 0 Å². The minimum atomic E-state index is -0.139. The fourth-order valence-corrected chi connectivity index (χ4v) is 3.03. The summed E-state index contributed by atoms with van der Waals surface area (Å²) in [5.74, 6) is -0.139. The minimum Gasteiger partial charge on any atom is -0.379 e. The van der Waals surface area contributed by atoms with Crippen LogP contribution in [0.4, 0.5) is 0 Å². The molecule has 25 heavy (non-hydrogen) atoms. The Balaban J connectivity index is 1.70. The molecule has 0 atom stereocenters. The highest BCUT2D eigenvalue weighted by atomic mass is 32.2. The van der Waals surface area contributed by atoms with Gasteiger partial charge in [0, 0.05) is 37.9 Å². The first-order chi connectivity index (χ1) is 12.3. The molecule has 0 spiro atoms. The summed E-state index contributed by atoms with van der Waals surface area (Å²) in [6.45, 7) is 4.76. The van der Waals surface area contributed by atoms with E-state index in [9.17, 15) is 4.79 Å². The molecule has 2 aromatic rings. The Bertz CT molecular complexity index is 705. The Kier molecular flexibility index (Phi) is 6.38. The van der Waals surface area contributed by atoms with Crippen LogP contribution >= 0.6 is 11.8 Å². The van der Waals surface area contributed by atoms with Crippen molar-refractivity contribution in [1.82, 2.24) is 20.2 Å². The topological polar surface area (TPSA) is 67.4 Å². The van der Waals surface area contributed by atoms with Gasteiger partial charge in [0.2, 0.25) is 0 Å². The Morgan fingerprint density at radius 3 is 2.76 bits per heavy atom. The predicted molar refractivity (Wildman–Crippen MR) is 98.8 cm³/mol. The average Bonchev–Trinajstić information content (AvgIpc) is 2.69. The van der Waals surface area contributed by atoms with Crippen LogP contribution in [-0.2, 0) is 4.74 Å². The molecule has 1 N–H and O–H groups in total. The normalized spacial score (nSPS) is 15.1. The molecular formula is C18H22N4O2S. The van der Waals surface area contributed by atoms with Crippen LogP contribution in [0, 0.1) is 0 Å². The molecule has 0 aliphatic carbocycles. The number of aromatic nitrogens is 2. The van der Waals surface area contributed by atoms with Crippen LogP contribution in [-0.4, -0.2) is 66.4 Å². The first-order valence-electron chi connectivity index (χ1n) is 8.32. The zero-order chi connectivity index (χ0) is 17.5. The van der Waals surface area contributed by atoms with Gasteiger partial charge in [0.05, 0.1) is 24.5 Å². The standard InChI is InChI=1S/C18H22N4O2S/c1-25-18-20-13-15(16(21-18)14-5-3-2-4-6-14)17(23)19-7-8-22-9-11-24-12-10-22/h2-6,13H,7-12H2,1H3,(H,19,23). The lowest BCUT2D eigenvalue weighted by Gasteiger charge is -2.26. The maximum Gasteiger partial charge on any atom is 0.255 e. The molecule has 7 heteroatoms. The number of carbonyl (C=O) groups is 1. The van der Waals surface area contributed by atoms with E-state index in [0.717, 1.165) is 38.4 Å². The number of nitrogens with zero attached hydrogens (tertiary/aromatic N) is 3. The fraction of sp³-hybridized carbons (Fsp3) is 0.389. The Morgan fingerprint density at radius 1 is 1.28 bits per heavy atom. The lowest BCUT2D eigenvalue weighted by atomic mass is 10.1. The number of rotatable bonds is 6. The fourth-order valence-electron chi connectivity index (χ4n) is 2.69. The van der Waals surface area contributed by atoms with Crippen LogP contribution in [0.1, 0.15) is 10.4 Å². The molecule has 1 aromatic carbocycles. The third-order valence-electron chi connectivity index (χ3n) is 4.06. The molecule has 3 rings (SSSR count). The van der Waals surface area contributed by atoms with E-state index < -0.39 is 0 Å². The van der Waals surface area contributed by atoms with Crippen molar-refractivity contribution in [3.8, 4) is 11.3 Å². The largest absolute Gasteiger partial charge is 0.379 e. The molecule has 6 nitrogen and oxygen atoms in total. The number of ether oxygens (including phenoxy) is 1. The van der Waals surface area contributed by atoms with Crippen LogP contribution in [0.5, 0.6) is 0 Å². The van der Waals surface area contributed by atoms with Crippen molar-refractivity contribution in [1.29, 1.82) is 0 Å². The Labute approximate surface area is 152 Å². The number of nitrogens with one attached hydrogen (secondary N) is 1. The van der Waals surface area contributed by atoms with Gasteiger partial charge in [-0.1, -0.05) is 42.1 Å². The zero-order valence-electron chi connectivity index (χ0n) is 14.3. The molecule has 0 unspecified atom stereocenters. The first kappa shape index (κ1) is 17.8. The van der Waals surface area contributed by atoms with Crippen LogP contribution in [0.25, 0.3) is 11.3 Å². The summed E-state index contributed by atoms with van der Waals surface area (Å²) in [7, 11) is 0. The highest BCUT2D eigenvalue weighted by Crippen LogP contribution is 2.23. The van der Waals surface area contributed by atoms with Crippen LogP contribution in [0.3, 0.4) is 0 Å². The first-order valence-corrected chi connectivity index (χ1v) is 9.55. The van der Waals surface area contributed by atoms with Crippen LogP contribution < -0.4 is 5.32 Å². The molecule has 0 radical (unpaired) electrons. The second kappa shape index (κ2) is 8.94. The number of thioether (sulfide) groups is 1. The highest BCUT2D eigenvalue weighted by molar-refractivity contribution is 7.98. The third kappa shape index (κ3) is 4.78. The second-order valence-corrected chi connectivity index (χ2v) is 6.47. The van der Waals surface area contributed by atoms with Gasteiger partial charge in [0.25, 0.3) is 5.91 Å². The quantitative estimate of drug-likeness (QED) is 0.629. The van der Waals surface area contributed by atoms with E-state index in [1.165, 1.54) is 11.8 Å². The summed E-state index contributed by atoms with van der Waals surface area (Å²) in [6.07, 6.45) is 3.54. The van der Waals surface area contributed by atoms with Crippen molar-refractivity contribution in [3.05, 3.63) is 42.1 Å². The molecule has 1 aromatic heterocycles. The van der Waals surface area contributed by atoms with Crippen molar-refractivity contribution >= 4 is 17.7 Å². The van der Waals surface area contributed by atoms with E-state index >= 15 is 0 Å². The molecular weight excluding hydrogens is 336 g/mol. The maximum absolute atomic E-state index is 12.6. The van der Waals surface area contributed by atoms with Gasteiger partial charge in [-0.2, -0.15) is 0 Å². The smallest absolute Gasteiger partial charge is 0.255 e. The summed E-state index contributed by atoms with van der Waals surface area (Å²) in [5, 5.41) is 3.64. The van der Waals surface area contributed by atoms with Gasteiger partial charge in [0.1, 0.15) is 0 Å². The monoisotopic (exact) mass is 358 g/mol. The molecule has 1 saturated heterocycles.